The van der Waals surface area contributed by atoms with Gasteiger partial charge in [-0.15, -0.1) is 0 Å². The molecule has 1 amide bonds. The topological polar surface area (TPSA) is 47.6 Å². The van der Waals surface area contributed by atoms with E-state index in [1.807, 2.05) is 18.2 Å². The van der Waals surface area contributed by atoms with E-state index in [-0.39, 0.29) is 5.91 Å². The van der Waals surface area contributed by atoms with Gasteiger partial charge in [0.25, 0.3) is 0 Å². The molecule has 0 aliphatic rings. The van der Waals surface area contributed by atoms with Crippen molar-refractivity contribution >= 4 is 26.5 Å². The van der Waals surface area contributed by atoms with Crippen LogP contribution in [0.1, 0.15) is 10.4 Å². The van der Waals surface area contributed by atoms with Crippen molar-refractivity contribution in [3.63, 3.8) is 0 Å². The third-order valence-electron chi connectivity index (χ3n) is 1.88. The first kappa shape index (κ1) is 12.5. The summed E-state index contributed by atoms with van der Waals surface area (Å²) in [6.07, 6.45) is 0. The van der Waals surface area contributed by atoms with Crippen molar-refractivity contribution in [1.29, 1.82) is 0 Å². The van der Waals surface area contributed by atoms with Gasteiger partial charge in [0.05, 0.1) is 0 Å². The van der Waals surface area contributed by atoms with E-state index in [1.54, 1.807) is 26.4 Å². The van der Waals surface area contributed by atoms with Gasteiger partial charge < -0.3 is 0 Å². The van der Waals surface area contributed by atoms with Gasteiger partial charge in [-0.2, -0.15) is 0 Å². The first-order valence-corrected chi connectivity index (χ1v) is 8.90. The van der Waals surface area contributed by atoms with Gasteiger partial charge in [-0.1, -0.05) is 0 Å². The van der Waals surface area contributed by atoms with E-state index in [0.29, 0.717) is 10.1 Å². The van der Waals surface area contributed by atoms with Crippen molar-refractivity contribution < 1.29 is 10.9 Å². The molecule has 0 unspecified atom stereocenters. The summed E-state index contributed by atoms with van der Waals surface area (Å²) in [4.78, 5) is 11.6. The van der Waals surface area contributed by atoms with Gasteiger partial charge in [0.1, 0.15) is 0 Å². The molecular weight excluding hydrogens is 301 g/mol. The van der Waals surface area contributed by atoms with E-state index >= 15 is 0 Å². The molecule has 1 aromatic carbocycles. The Balaban J connectivity index is 2.43. The molecule has 4 nitrogen and oxygen atoms in total. The minimum atomic E-state index is -2.24. The molecule has 0 aliphatic heterocycles. The molecule has 15 heavy (non-hydrogen) atoms. The van der Waals surface area contributed by atoms with Crippen LogP contribution in [0.3, 0.4) is 0 Å². The van der Waals surface area contributed by atoms with Crippen LogP contribution in [-0.2, 0) is 6.15 Å². The summed E-state index contributed by atoms with van der Waals surface area (Å²) in [5.41, 5.74) is 0.660. The second kappa shape index (κ2) is 6.81. The Kier molecular flexibility index (Phi) is 5.67. The van der Waals surface area contributed by atoms with Gasteiger partial charge in [0.2, 0.25) is 0 Å². The third kappa shape index (κ3) is 4.19. The quantitative estimate of drug-likeness (QED) is 0.815. The molecule has 0 fully saturated rings. The van der Waals surface area contributed by atoms with Crippen molar-refractivity contribution in [2.24, 2.45) is 0 Å². The van der Waals surface area contributed by atoms with Gasteiger partial charge in [-0.05, 0) is 0 Å². The zero-order valence-corrected chi connectivity index (χ0v) is 11.7. The molecule has 0 aromatic heterocycles. The standard InChI is InChI=1S/C8H8NO.2CH3O.Sn/c1-9-8(10)7-5-3-2-4-6-7;2*1-2;/h2-6H,1H2,(H,9,10);2*1H3;/q;2*-1;+2. The Labute approximate surface area is 97.4 Å². The number of carbonyl (C=O) groups excluding carboxylic acids is 1. The number of benzene rings is 1. The second-order valence-electron chi connectivity index (χ2n) is 2.83. The molecule has 1 rings (SSSR count). The third-order valence-corrected chi connectivity index (χ3v) is 5.81. The van der Waals surface area contributed by atoms with Crippen molar-refractivity contribution in [2.45, 2.75) is 0 Å². The minimum absolute atomic E-state index is 0.0807. The number of rotatable bonds is 5. The fraction of sp³-hybridized carbons (Fsp3) is 0.300. The number of nitrogens with one attached hydrogen (secondary N) is 1. The van der Waals surface area contributed by atoms with Gasteiger partial charge in [0.15, 0.2) is 0 Å². The Morgan fingerprint density at radius 3 is 2.40 bits per heavy atom. The van der Waals surface area contributed by atoms with Crippen LogP contribution >= 0.6 is 0 Å². The first-order chi connectivity index (χ1) is 7.27. The predicted octanol–water partition coefficient (Wildman–Crippen LogP) is 0.737. The Hall–Kier alpha value is -0.591. The molecule has 0 saturated heterocycles. The molecule has 5 heteroatoms. The predicted molar refractivity (Wildman–Crippen MR) is 58.5 cm³/mol. The monoisotopic (exact) mass is 316 g/mol. The number of hydrogen-bond donors (Lipinski definition) is 1. The number of carbonyl (C=O) groups is 1. The Bertz CT molecular complexity index is 301. The first-order valence-electron chi connectivity index (χ1n) is 4.55. The molecule has 1 aromatic rings. The molecule has 1 N–H and O–H groups in total. The molecular formula is C10H14NO3Sn. The normalized spacial score (nSPS) is 10.3. The summed E-state index contributed by atoms with van der Waals surface area (Å²) in [7, 11) is 3.24. The summed E-state index contributed by atoms with van der Waals surface area (Å²) in [5.74, 6) is -0.0807. The SMILES string of the molecule is C[O][Sn]([CH2]NC(=O)c1ccccc1)[O]C. The van der Waals surface area contributed by atoms with E-state index in [4.69, 9.17) is 6.15 Å². The summed E-state index contributed by atoms with van der Waals surface area (Å²) < 4.78 is 10.8. The van der Waals surface area contributed by atoms with Gasteiger partial charge in [-0.3, -0.25) is 0 Å². The maximum atomic E-state index is 11.6. The van der Waals surface area contributed by atoms with Crippen LogP contribution in [0.2, 0.25) is 0 Å². The second-order valence-corrected chi connectivity index (χ2v) is 8.29. The van der Waals surface area contributed by atoms with Gasteiger partial charge >= 0.3 is 97.4 Å². The van der Waals surface area contributed by atoms with E-state index in [9.17, 15) is 4.79 Å². The summed E-state index contributed by atoms with van der Waals surface area (Å²) >= 11 is -2.24. The average Bonchev–Trinajstić information content (AvgIpc) is 2.31. The zero-order chi connectivity index (χ0) is 11.1. The van der Waals surface area contributed by atoms with Gasteiger partial charge in [0, 0.05) is 0 Å². The van der Waals surface area contributed by atoms with Crippen LogP contribution in [0.25, 0.3) is 0 Å². The Morgan fingerprint density at radius 1 is 1.27 bits per heavy atom. The molecule has 0 aliphatic carbocycles. The molecule has 0 atom stereocenters. The van der Waals surface area contributed by atoms with Crippen LogP contribution in [0, 0.1) is 0 Å². The molecule has 0 saturated carbocycles. The summed E-state index contributed by atoms with van der Waals surface area (Å²) in [6, 6.07) is 9.10. The molecule has 0 bridgehead atoms. The van der Waals surface area contributed by atoms with Gasteiger partial charge in [-0.25, -0.2) is 0 Å². The fourth-order valence-electron chi connectivity index (χ4n) is 1.07. The van der Waals surface area contributed by atoms with Crippen LogP contribution in [0.4, 0.5) is 0 Å². The van der Waals surface area contributed by atoms with E-state index in [0.717, 1.165) is 0 Å². The molecule has 0 heterocycles. The Morgan fingerprint density at radius 2 is 1.87 bits per heavy atom. The van der Waals surface area contributed by atoms with Crippen molar-refractivity contribution in [1.82, 2.24) is 5.32 Å². The van der Waals surface area contributed by atoms with Crippen LogP contribution in [0.5, 0.6) is 0 Å². The summed E-state index contributed by atoms with van der Waals surface area (Å²) in [5, 5.41) is 2.80. The van der Waals surface area contributed by atoms with Crippen LogP contribution in [-0.4, -0.2) is 45.3 Å². The number of hydrogen-bond acceptors (Lipinski definition) is 3. The van der Waals surface area contributed by atoms with Crippen molar-refractivity contribution in [3.8, 4) is 0 Å². The van der Waals surface area contributed by atoms with Crippen molar-refractivity contribution in [3.05, 3.63) is 35.9 Å². The number of amides is 1. The van der Waals surface area contributed by atoms with Crippen molar-refractivity contribution in [2.75, 3.05) is 18.8 Å². The molecule has 0 spiro atoms. The fourth-order valence-corrected chi connectivity index (χ4v) is 3.24. The molecule has 1 radical (unpaired) electrons. The maximum absolute atomic E-state index is 11.6. The summed E-state index contributed by atoms with van der Waals surface area (Å²) in [6.45, 7) is 0. The van der Waals surface area contributed by atoms with E-state index < -0.39 is 20.6 Å². The molecule has 81 valence electrons. The van der Waals surface area contributed by atoms with Crippen LogP contribution in [0.15, 0.2) is 30.3 Å². The van der Waals surface area contributed by atoms with Crippen LogP contribution < -0.4 is 5.32 Å². The zero-order valence-electron chi connectivity index (χ0n) is 8.82. The van der Waals surface area contributed by atoms with E-state index in [2.05, 4.69) is 5.32 Å². The van der Waals surface area contributed by atoms with E-state index in [1.165, 1.54) is 0 Å². The average molecular weight is 315 g/mol.